The van der Waals surface area contributed by atoms with E-state index in [2.05, 4.69) is 5.32 Å². The lowest BCUT2D eigenvalue weighted by Gasteiger charge is -2.45. The van der Waals surface area contributed by atoms with Crippen LogP contribution in [0.2, 0.25) is 5.02 Å². The molecule has 2 atom stereocenters. The van der Waals surface area contributed by atoms with E-state index >= 15 is 0 Å². The van der Waals surface area contributed by atoms with E-state index in [1.165, 1.54) is 0 Å². The molecule has 0 spiro atoms. The highest BCUT2D eigenvalue weighted by Gasteiger charge is 2.45. The predicted molar refractivity (Wildman–Crippen MR) is 135 cm³/mol. The van der Waals surface area contributed by atoms with Gasteiger partial charge in [-0.05, 0) is 74.2 Å². The van der Waals surface area contributed by atoms with Gasteiger partial charge >= 0.3 is 0 Å². The van der Waals surface area contributed by atoms with Crippen LogP contribution in [0, 0.1) is 13.8 Å². The van der Waals surface area contributed by atoms with Crippen molar-refractivity contribution in [3.05, 3.63) is 94.0 Å². The van der Waals surface area contributed by atoms with Crippen molar-refractivity contribution < 1.29 is 14.3 Å². The van der Waals surface area contributed by atoms with E-state index in [-0.39, 0.29) is 24.0 Å². The minimum absolute atomic E-state index is 0.0656. The zero-order valence-corrected chi connectivity index (χ0v) is 20.6. The van der Waals surface area contributed by atoms with Gasteiger partial charge in [-0.2, -0.15) is 0 Å². The van der Waals surface area contributed by atoms with Gasteiger partial charge in [0.25, 0.3) is 5.91 Å². The lowest BCUT2D eigenvalue weighted by molar-refractivity contribution is -0.154. The minimum Gasteiger partial charge on any atom is -0.491 e. The first kappa shape index (κ1) is 23.8. The quantitative estimate of drug-likeness (QED) is 0.401. The zero-order valence-electron chi connectivity index (χ0n) is 19.8. The Kier molecular flexibility index (Phi) is 6.94. The largest absolute Gasteiger partial charge is 0.491 e. The smallest absolute Gasteiger partial charge is 0.251 e. The third kappa shape index (κ3) is 4.95. The van der Waals surface area contributed by atoms with E-state index in [1.807, 2.05) is 70.2 Å². The molecule has 34 heavy (non-hydrogen) atoms. The molecule has 3 aromatic rings. The number of anilines is 1. The van der Waals surface area contributed by atoms with Crippen LogP contribution in [0.4, 0.5) is 5.69 Å². The van der Waals surface area contributed by atoms with Crippen LogP contribution in [-0.4, -0.2) is 22.8 Å². The van der Waals surface area contributed by atoms with Gasteiger partial charge in [0, 0.05) is 10.7 Å². The fourth-order valence-corrected chi connectivity index (χ4v) is 4.49. The standard InChI is InChI=1S/C28H29ClN2O3/c1-17(2)34-23-14-10-20(11-15-23)24-16-25(32)31(24)27(21-8-12-22(29)13-9-21)28(33)30-26-18(3)6-5-7-19(26)4/h5-15,17,24,27H,16H2,1-4H3,(H,30,33)/t24-,27-/m0/s1. The van der Waals surface area contributed by atoms with Gasteiger partial charge in [0.05, 0.1) is 18.6 Å². The molecule has 0 unspecified atom stereocenters. The number of carbonyl (C=O) groups is 2. The van der Waals surface area contributed by atoms with Gasteiger partial charge in [0.1, 0.15) is 11.8 Å². The van der Waals surface area contributed by atoms with Gasteiger partial charge in [0.15, 0.2) is 0 Å². The summed E-state index contributed by atoms with van der Waals surface area (Å²) in [5.41, 5.74) is 4.39. The number of para-hydroxylation sites is 1. The molecule has 3 aromatic carbocycles. The molecular formula is C28H29ClN2O3. The maximum atomic E-state index is 13.7. The van der Waals surface area contributed by atoms with Gasteiger partial charge in [0.2, 0.25) is 5.91 Å². The molecule has 1 aliphatic rings. The first-order valence-electron chi connectivity index (χ1n) is 11.4. The molecule has 176 valence electrons. The minimum atomic E-state index is -0.783. The molecule has 0 aliphatic carbocycles. The van der Waals surface area contributed by atoms with Crippen molar-refractivity contribution in [2.24, 2.45) is 0 Å². The van der Waals surface area contributed by atoms with E-state index in [9.17, 15) is 9.59 Å². The number of hydrogen-bond donors (Lipinski definition) is 1. The predicted octanol–water partition coefficient (Wildman–Crippen LogP) is 6.40. The van der Waals surface area contributed by atoms with Gasteiger partial charge < -0.3 is 15.0 Å². The molecule has 5 nitrogen and oxygen atoms in total. The van der Waals surface area contributed by atoms with Crippen molar-refractivity contribution >= 4 is 29.1 Å². The molecule has 0 aromatic heterocycles. The van der Waals surface area contributed by atoms with Crippen molar-refractivity contribution in [2.75, 3.05) is 5.32 Å². The summed E-state index contributed by atoms with van der Waals surface area (Å²) < 4.78 is 5.75. The van der Waals surface area contributed by atoms with Crippen molar-refractivity contribution in [1.82, 2.24) is 4.90 Å². The topological polar surface area (TPSA) is 58.6 Å². The molecule has 1 N–H and O–H groups in total. The average molecular weight is 477 g/mol. The Labute approximate surface area is 205 Å². The Hall–Kier alpha value is -3.31. The third-order valence-corrected chi connectivity index (χ3v) is 6.32. The second kappa shape index (κ2) is 9.90. The number of β-lactam (4-membered cyclic amide) rings is 1. The van der Waals surface area contributed by atoms with Crippen LogP contribution in [0.3, 0.4) is 0 Å². The summed E-state index contributed by atoms with van der Waals surface area (Å²) in [6.45, 7) is 7.87. The summed E-state index contributed by atoms with van der Waals surface area (Å²) in [7, 11) is 0. The van der Waals surface area contributed by atoms with Gasteiger partial charge in [-0.3, -0.25) is 9.59 Å². The Morgan fingerprint density at radius 1 is 1.00 bits per heavy atom. The van der Waals surface area contributed by atoms with Crippen LogP contribution in [0.5, 0.6) is 5.75 Å². The van der Waals surface area contributed by atoms with Crippen molar-refractivity contribution in [3.8, 4) is 5.75 Å². The zero-order chi connectivity index (χ0) is 24.4. The van der Waals surface area contributed by atoms with Crippen LogP contribution in [0.1, 0.15) is 54.6 Å². The average Bonchev–Trinajstić information content (AvgIpc) is 2.79. The second-order valence-corrected chi connectivity index (χ2v) is 9.40. The molecule has 4 rings (SSSR count). The molecule has 1 saturated heterocycles. The molecule has 1 heterocycles. The number of nitrogens with one attached hydrogen (secondary N) is 1. The molecule has 1 aliphatic heterocycles. The first-order valence-corrected chi connectivity index (χ1v) is 11.8. The number of carbonyl (C=O) groups excluding carboxylic acids is 2. The molecule has 6 heteroatoms. The van der Waals surface area contributed by atoms with Crippen LogP contribution in [-0.2, 0) is 9.59 Å². The van der Waals surface area contributed by atoms with E-state index in [0.717, 1.165) is 28.1 Å². The van der Waals surface area contributed by atoms with Gasteiger partial charge in [-0.15, -0.1) is 0 Å². The third-order valence-electron chi connectivity index (χ3n) is 6.07. The summed E-state index contributed by atoms with van der Waals surface area (Å²) in [5, 5.41) is 3.65. The molecule has 0 radical (unpaired) electrons. The van der Waals surface area contributed by atoms with E-state index in [4.69, 9.17) is 16.3 Å². The normalized spacial score (nSPS) is 16.2. The number of aryl methyl sites for hydroxylation is 2. The number of rotatable bonds is 7. The molecule has 1 fully saturated rings. The molecule has 0 bridgehead atoms. The summed E-state index contributed by atoms with van der Waals surface area (Å²) in [4.78, 5) is 28.2. The van der Waals surface area contributed by atoms with Crippen molar-refractivity contribution in [2.45, 2.75) is 52.3 Å². The number of likely N-dealkylation sites (tertiary alicyclic amines) is 1. The number of ether oxygens (including phenoxy) is 1. The van der Waals surface area contributed by atoms with Crippen LogP contribution < -0.4 is 10.1 Å². The van der Waals surface area contributed by atoms with Crippen LogP contribution >= 0.6 is 11.6 Å². The Balaban J connectivity index is 1.67. The lowest BCUT2D eigenvalue weighted by atomic mass is 9.89. The highest BCUT2D eigenvalue weighted by molar-refractivity contribution is 6.30. The lowest BCUT2D eigenvalue weighted by Crippen LogP contribution is -2.51. The Bertz CT molecular complexity index is 1170. The number of nitrogens with zero attached hydrogens (tertiary/aromatic N) is 1. The number of halogens is 1. The van der Waals surface area contributed by atoms with E-state index in [1.54, 1.807) is 29.2 Å². The second-order valence-electron chi connectivity index (χ2n) is 8.97. The highest BCUT2D eigenvalue weighted by Crippen LogP contribution is 2.42. The maximum Gasteiger partial charge on any atom is 0.251 e. The van der Waals surface area contributed by atoms with Crippen molar-refractivity contribution in [3.63, 3.8) is 0 Å². The van der Waals surface area contributed by atoms with E-state index < -0.39 is 6.04 Å². The van der Waals surface area contributed by atoms with Crippen LogP contribution in [0.15, 0.2) is 66.7 Å². The Morgan fingerprint density at radius 3 is 2.18 bits per heavy atom. The molecular weight excluding hydrogens is 448 g/mol. The molecule has 2 amide bonds. The summed E-state index contributed by atoms with van der Waals surface area (Å²) in [6, 6.07) is 19.7. The first-order chi connectivity index (χ1) is 16.2. The highest BCUT2D eigenvalue weighted by atomic mass is 35.5. The fourth-order valence-electron chi connectivity index (χ4n) is 4.36. The maximum absolute atomic E-state index is 13.7. The number of hydrogen-bond acceptors (Lipinski definition) is 3. The van der Waals surface area contributed by atoms with E-state index in [0.29, 0.717) is 17.0 Å². The monoisotopic (exact) mass is 476 g/mol. The summed E-state index contributed by atoms with van der Waals surface area (Å²) >= 11 is 6.11. The molecule has 0 saturated carbocycles. The fraction of sp³-hybridized carbons (Fsp3) is 0.286. The summed E-state index contributed by atoms with van der Waals surface area (Å²) in [6.07, 6.45) is 0.432. The summed E-state index contributed by atoms with van der Waals surface area (Å²) in [5.74, 6) is 0.458. The van der Waals surface area contributed by atoms with Crippen molar-refractivity contribution in [1.29, 1.82) is 0 Å². The number of amides is 2. The van der Waals surface area contributed by atoms with Gasteiger partial charge in [-0.1, -0.05) is 54.1 Å². The Morgan fingerprint density at radius 2 is 1.62 bits per heavy atom. The SMILES string of the molecule is Cc1cccc(C)c1NC(=O)[C@H](c1ccc(Cl)cc1)N1C(=O)C[C@H]1c1ccc(OC(C)C)cc1. The van der Waals surface area contributed by atoms with Gasteiger partial charge in [-0.25, -0.2) is 0 Å². The van der Waals surface area contributed by atoms with Crippen LogP contribution in [0.25, 0.3) is 0 Å². The number of benzene rings is 3.